The second-order valence-corrected chi connectivity index (χ2v) is 8.05. The van der Waals surface area contributed by atoms with Gasteiger partial charge in [0.25, 0.3) is 0 Å². The van der Waals surface area contributed by atoms with Crippen LogP contribution in [0.1, 0.15) is 21.5 Å². The lowest BCUT2D eigenvalue weighted by molar-refractivity contribution is 0.0697. The molecule has 162 valence electrons. The van der Waals surface area contributed by atoms with Crippen molar-refractivity contribution in [3.05, 3.63) is 77.6 Å². The third-order valence-corrected chi connectivity index (χ3v) is 5.44. The molecule has 0 unspecified atom stereocenters. The van der Waals surface area contributed by atoms with E-state index in [9.17, 15) is 4.79 Å². The van der Waals surface area contributed by atoms with E-state index in [1.807, 2.05) is 45.3 Å². The molecule has 2 aromatic heterocycles. The van der Waals surface area contributed by atoms with Crippen LogP contribution in [0.25, 0.3) is 11.3 Å². The van der Waals surface area contributed by atoms with E-state index in [0.717, 1.165) is 27.3 Å². The van der Waals surface area contributed by atoms with Crippen LogP contribution in [0.2, 0.25) is 0 Å². The van der Waals surface area contributed by atoms with Crippen LogP contribution < -0.4 is 9.46 Å². The summed E-state index contributed by atoms with van der Waals surface area (Å²) in [4.78, 5) is 21.2. The van der Waals surface area contributed by atoms with Gasteiger partial charge in [0.2, 0.25) is 11.8 Å². The summed E-state index contributed by atoms with van der Waals surface area (Å²) in [6.07, 6.45) is 3.63. The summed E-state index contributed by atoms with van der Waals surface area (Å²) in [6, 6.07) is 14.0. The molecule has 0 saturated heterocycles. The number of aromatic nitrogens is 4. The SMILES string of the molecule is Cc1cccc(C)c1-c1cc(Oc2ccc(C(=O)O)cc2)nc(NSc2cnn(C)c2)n1. The van der Waals surface area contributed by atoms with E-state index in [4.69, 9.17) is 14.8 Å². The Morgan fingerprint density at radius 3 is 2.44 bits per heavy atom. The Bertz CT molecular complexity index is 1250. The smallest absolute Gasteiger partial charge is 0.335 e. The molecule has 2 N–H and O–H groups in total. The van der Waals surface area contributed by atoms with Crippen molar-refractivity contribution in [1.82, 2.24) is 19.7 Å². The van der Waals surface area contributed by atoms with Crippen molar-refractivity contribution in [1.29, 1.82) is 0 Å². The Morgan fingerprint density at radius 1 is 1.09 bits per heavy atom. The summed E-state index contributed by atoms with van der Waals surface area (Å²) in [7, 11) is 1.85. The van der Waals surface area contributed by atoms with Gasteiger partial charge in [-0.15, -0.1) is 0 Å². The van der Waals surface area contributed by atoms with Gasteiger partial charge in [0.15, 0.2) is 0 Å². The molecule has 0 radical (unpaired) electrons. The lowest BCUT2D eigenvalue weighted by Crippen LogP contribution is -2.01. The van der Waals surface area contributed by atoms with Crippen LogP contribution in [-0.2, 0) is 7.05 Å². The topological polar surface area (TPSA) is 102 Å². The van der Waals surface area contributed by atoms with Crippen LogP contribution in [0.5, 0.6) is 11.6 Å². The number of carboxylic acids is 1. The molecule has 0 saturated carbocycles. The Balaban J connectivity index is 1.68. The number of anilines is 1. The Labute approximate surface area is 189 Å². The number of carbonyl (C=O) groups is 1. The zero-order valence-electron chi connectivity index (χ0n) is 17.7. The van der Waals surface area contributed by atoms with Crippen molar-refractivity contribution in [3.63, 3.8) is 0 Å². The minimum Gasteiger partial charge on any atom is -0.478 e. The molecule has 0 aliphatic heterocycles. The van der Waals surface area contributed by atoms with Crippen molar-refractivity contribution < 1.29 is 14.6 Å². The lowest BCUT2D eigenvalue weighted by atomic mass is 10.00. The molecule has 0 amide bonds. The first kappa shape index (κ1) is 21.4. The molecule has 32 heavy (non-hydrogen) atoms. The zero-order valence-corrected chi connectivity index (χ0v) is 18.6. The zero-order chi connectivity index (χ0) is 22.7. The van der Waals surface area contributed by atoms with Crippen molar-refractivity contribution >= 4 is 23.9 Å². The van der Waals surface area contributed by atoms with E-state index < -0.39 is 5.97 Å². The number of hydrogen-bond donors (Lipinski definition) is 2. The summed E-state index contributed by atoms with van der Waals surface area (Å²) in [5.74, 6) is 0.216. The molecule has 8 nitrogen and oxygen atoms in total. The number of nitrogens with zero attached hydrogens (tertiary/aromatic N) is 4. The third-order valence-electron chi connectivity index (χ3n) is 4.70. The van der Waals surface area contributed by atoms with Crippen LogP contribution in [0, 0.1) is 13.8 Å². The van der Waals surface area contributed by atoms with Gasteiger partial charge < -0.3 is 9.84 Å². The second kappa shape index (κ2) is 9.11. The fraction of sp³-hybridized carbons (Fsp3) is 0.130. The predicted octanol–water partition coefficient (Wildman–Crippen LogP) is 5.10. The Kier molecular flexibility index (Phi) is 6.09. The summed E-state index contributed by atoms with van der Waals surface area (Å²) >= 11 is 1.35. The highest BCUT2D eigenvalue weighted by atomic mass is 32.2. The van der Waals surface area contributed by atoms with Gasteiger partial charge in [0.1, 0.15) is 5.75 Å². The number of benzene rings is 2. The van der Waals surface area contributed by atoms with E-state index in [-0.39, 0.29) is 5.56 Å². The average molecular weight is 448 g/mol. The van der Waals surface area contributed by atoms with E-state index in [1.165, 1.54) is 24.1 Å². The molecule has 0 spiro atoms. The first-order valence-corrected chi connectivity index (χ1v) is 10.6. The van der Waals surface area contributed by atoms with Gasteiger partial charge >= 0.3 is 5.97 Å². The molecular formula is C23H21N5O3S. The van der Waals surface area contributed by atoms with Crippen LogP contribution >= 0.6 is 11.9 Å². The molecular weight excluding hydrogens is 426 g/mol. The van der Waals surface area contributed by atoms with Gasteiger partial charge in [-0.3, -0.25) is 9.40 Å². The number of nitrogens with one attached hydrogen (secondary N) is 1. The van der Waals surface area contributed by atoms with Crippen molar-refractivity contribution in [2.75, 3.05) is 4.72 Å². The van der Waals surface area contributed by atoms with E-state index in [1.54, 1.807) is 29.1 Å². The molecule has 4 rings (SSSR count). The quantitative estimate of drug-likeness (QED) is 0.377. The molecule has 0 aliphatic rings. The normalized spacial score (nSPS) is 10.7. The van der Waals surface area contributed by atoms with Crippen LogP contribution in [-0.4, -0.2) is 30.8 Å². The highest BCUT2D eigenvalue weighted by molar-refractivity contribution is 8.00. The van der Waals surface area contributed by atoms with E-state index in [0.29, 0.717) is 17.6 Å². The van der Waals surface area contributed by atoms with Crippen LogP contribution in [0.15, 0.2) is 65.8 Å². The number of hydrogen-bond acceptors (Lipinski definition) is 7. The molecule has 0 aliphatic carbocycles. The van der Waals surface area contributed by atoms with Crippen LogP contribution in [0.3, 0.4) is 0 Å². The highest BCUT2D eigenvalue weighted by Gasteiger charge is 2.13. The summed E-state index contributed by atoms with van der Waals surface area (Å²) in [6.45, 7) is 4.07. The number of carboxylic acid groups (broad SMARTS) is 1. The number of aromatic carboxylic acids is 1. The first-order chi connectivity index (χ1) is 15.4. The fourth-order valence-electron chi connectivity index (χ4n) is 3.21. The van der Waals surface area contributed by atoms with Gasteiger partial charge in [0.05, 0.1) is 22.3 Å². The van der Waals surface area contributed by atoms with E-state index >= 15 is 0 Å². The third kappa shape index (κ3) is 4.89. The van der Waals surface area contributed by atoms with Crippen molar-refractivity contribution in [3.8, 4) is 22.9 Å². The molecule has 2 aromatic carbocycles. The summed E-state index contributed by atoms with van der Waals surface area (Å²) in [5, 5.41) is 13.3. The highest BCUT2D eigenvalue weighted by Crippen LogP contribution is 2.31. The van der Waals surface area contributed by atoms with Crippen molar-refractivity contribution in [2.24, 2.45) is 7.05 Å². The maximum Gasteiger partial charge on any atom is 0.335 e. The fourth-order valence-corrected chi connectivity index (χ4v) is 3.82. The van der Waals surface area contributed by atoms with Gasteiger partial charge in [-0.1, -0.05) is 18.2 Å². The Morgan fingerprint density at radius 2 is 1.81 bits per heavy atom. The number of ether oxygens (including phenoxy) is 1. The minimum absolute atomic E-state index is 0.187. The van der Waals surface area contributed by atoms with Gasteiger partial charge in [-0.05, 0) is 61.2 Å². The standard InChI is InChI=1S/C23H21N5O3S/c1-14-5-4-6-15(2)21(14)19-11-20(31-17-9-7-16(8-10-17)22(29)30)26-23(25-19)27-32-18-12-24-28(3)13-18/h4-13H,1-3H3,(H,29,30)(H,25,26,27). The lowest BCUT2D eigenvalue weighted by Gasteiger charge is -2.13. The predicted molar refractivity (Wildman–Crippen MR) is 123 cm³/mol. The molecule has 0 atom stereocenters. The minimum atomic E-state index is -0.991. The average Bonchev–Trinajstić information content (AvgIpc) is 3.18. The summed E-state index contributed by atoms with van der Waals surface area (Å²) < 4.78 is 10.8. The largest absolute Gasteiger partial charge is 0.478 e. The number of aryl methyl sites for hydroxylation is 3. The molecule has 0 bridgehead atoms. The first-order valence-electron chi connectivity index (χ1n) is 9.77. The van der Waals surface area contributed by atoms with Crippen LogP contribution in [0.4, 0.5) is 5.95 Å². The molecule has 2 heterocycles. The van der Waals surface area contributed by atoms with Gasteiger partial charge in [0, 0.05) is 24.9 Å². The van der Waals surface area contributed by atoms with Crippen molar-refractivity contribution in [2.45, 2.75) is 18.7 Å². The van der Waals surface area contributed by atoms with Gasteiger partial charge in [-0.25, -0.2) is 9.78 Å². The second-order valence-electron chi connectivity index (χ2n) is 7.17. The molecule has 4 aromatic rings. The Hall–Kier alpha value is -3.85. The molecule has 0 fully saturated rings. The maximum absolute atomic E-state index is 11.1. The molecule has 9 heteroatoms. The maximum atomic E-state index is 11.1. The monoisotopic (exact) mass is 447 g/mol. The van der Waals surface area contributed by atoms with Gasteiger partial charge in [-0.2, -0.15) is 10.1 Å². The number of rotatable bonds is 7. The summed E-state index contributed by atoms with van der Waals surface area (Å²) in [5.41, 5.74) is 4.10. The van der Waals surface area contributed by atoms with E-state index in [2.05, 4.69) is 14.8 Å².